The molecule has 2 bridgehead atoms. The fourth-order valence-electron chi connectivity index (χ4n) is 5.30. The second-order valence-corrected chi connectivity index (χ2v) is 7.34. The van der Waals surface area contributed by atoms with Crippen LogP contribution >= 0.6 is 11.6 Å². The highest BCUT2D eigenvalue weighted by Gasteiger charge is 2.53. The molecule has 0 heterocycles. The summed E-state index contributed by atoms with van der Waals surface area (Å²) in [5, 5.41) is 0. The van der Waals surface area contributed by atoms with Gasteiger partial charge in [0.15, 0.2) is 0 Å². The van der Waals surface area contributed by atoms with Gasteiger partial charge in [-0.05, 0) is 49.4 Å². The molecule has 3 saturated carbocycles. The van der Waals surface area contributed by atoms with E-state index in [4.69, 9.17) is 16.3 Å². The standard InChI is InChI=1S/C17H23ClO3/c1-2-11-9-15(21-16(18)20)12-5-3-7-17(10-14(11)19)8-4-6-13(12)17/h2,11-13,15H,1,3-10H2. The van der Waals surface area contributed by atoms with Gasteiger partial charge in [0.05, 0.1) is 0 Å². The molecule has 0 amide bonds. The van der Waals surface area contributed by atoms with Gasteiger partial charge in [0.1, 0.15) is 11.9 Å². The van der Waals surface area contributed by atoms with Gasteiger partial charge in [0.25, 0.3) is 0 Å². The summed E-state index contributed by atoms with van der Waals surface area (Å²) in [7, 11) is 0. The first-order valence-electron chi connectivity index (χ1n) is 8.07. The molecule has 3 aliphatic carbocycles. The molecule has 0 radical (unpaired) electrons. The number of Topliss-reactive ketones (excluding diaryl/α,β-unsaturated/α-hetero) is 1. The zero-order valence-corrected chi connectivity index (χ0v) is 13.1. The number of hydrogen-bond donors (Lipinski definition) is 0. The van der Waals surface area contributed by atoms with Crippen molar-refractivity contribution in [2.75, 3.05) is 0 Å². The van der Waals surface area contributed by atoms with Crippen LogP contribution in [0.2, 0.25) is 0 Å². The Morgan fingerprint density at radius 3 is 2.71 bits per heavy atom. The first-order valence-corrected chi connectivity index (χ1v) is 8.45. The minimum atomic E-state index is -0.745. The summed E-state index contributed by atoms with van der Waals surface area (Å²) < 4.78 is 5.42. The Kier molecular flexibility index (Phi) is 4.13. The molecule has 5 atom stereocenters. The van der Waals surface area contributed by atoms with Crippen molar-refractivity contribution < 1.29 is 14.3 Å². The number of hydrogen-bond acceptors (Lipinski definition) is 3. The quantitative estimate of drug-likeness (QED) is 0.558. The third-order valence-corrected chi connectivity index (χ3v) is 6.23. The van der Waals surface area contributed by atoms with Gasteiger partial charge in [-0.15, -0.1) is 6.58 Å². The molecule has 0 saturated heterocycles. The van der Waals surface area contributed by atoms with Crippen LogP contribution < -0.4 is 0 Å². The molecule has 4 heteroatoms. The molecule has 5 unspecified atom stereocenters. The van der Waals surface area contributed by atoms with Crippen LogP contribution in [-0.2, 0) is 9.53 Å². The summed E-state index contributed by atoms with van der Waals surface area (Å²) in [6.07, 6.45) is 9.58. The second-order valence-electron chi connectivity index (χ2n) is 7.03. The predicted molar refractivity (Wildman–Crippen MR) is 81.2 cm³/mol. The molecule has 3 aliphatic rings. The number of ketones is 1. The van der Waals surface area contributed by atoms with Gasteiger partial charge in [-0.1, -0.05) is 18.9 Å². The van der Waals surface area contributed by atoms with Gasteiger partial charge in [-0.25, -0.2) is 4.79 Å². The maximum atomic E-state index is 12.6. The van der Waals surface area contributed by atoms with E-state index < -0.39 is 5.43 Å². The fourth-order valence-corrected chi connectivity index (χ4v) is 5.42. The largest absolute Gasteiger partial charge is 0.450 e. The Morgan fingerprint density at radius 1 is 1.33 bits per heavy atom. The number of ether oxygens (including phenoxy) is 1. The molecule has 0 aliphatic heterocycles. The zero-order chi connectivity index (χ0) is 15.0. The Bertz CT molecular complexity index is 461. The van der Waals surface area contributed by atoms with Crippen LogP contribution in [0.25, 0.3) is 0 Å². The molecule has 0 spiro atoms. The van der Waals surface area contributed by atoms with Gasteiger partial charge in [-0.2, -0.15) is 0 Å². The third-order valence-electron chi connectivity index (χ3n) is 6.14. The lowest BCUT2D eigenvalue weighted by Gasteiger charge is -2.48. The molecule has 116 valence electrons. The van der Waals surface area contributed by atoms with E-state index in [1.54, 1.807) is 6.08 Å². The van der Waals surface area contributed by atoms with Crippen LogP contribution in [-0.4, -0.2) is 17.3 Å². The summed E-state index contributed by atoms with van der Waals surface area (Å²) in [6, 6.07) is 0. The van der Waals surface area contributed by atoms with E-state index in [2.05, 4.69) is 6.58 Å². The average molecular weight is 311 g/mol. The van der Waals surface area contributed by atoms with Crippen molar-refractivity contribution in [1.82, 2.24) is 0 Å². The Morgan fingerprint density at radius 2 is 2.05 bits per heavy atom. The summed E-state index contributed by atoms with van der Waals surface area (Å²) in [4.78, 5) is 23.9. The summed E-state index contributed by atoms with van der Waals surface area (Å²) in [5.74, 6) is 0.944. The second kappa shape index (κ2) is 5.75. The van der Waals surface area contributed by atoms with Crippen LogP contribution in [0.4, 0.5) is 4.79 Å². The Balaban J connectivity index is 1.95. The summed E-state index contributed by atoms with van der Waals surface area (Å²) in [6.45, 7) is 3.80. The molecule has 0 N–H and O–H groups in total. The van der Waals surface area contributed by atoms with Crippen LogP contribution in [0.3, 0.4) is 0 Å². The Hall–Kier alpha value is -0.830. The number of halogens is 1. The van der Waals surface area contributed by atoms with Crippen molar-refractivity contribution in [2.45, 2.75) is 57.5 Å². The van der Waals surface area contributed by atoms with Crippen molar-refractivity contribution in [3.05, 3.63) is 12.7 Å². The monoisotopic (exact) mass is 310 g/mol. The zero-order valence-electron chi connectivity index (χ0n) is 12.4. The van der Waals surface area contributed by atoms with Gasteiger partial charge in [0.2, 0.25) is 0 Å². The summed E-state index contributed by atoms with van der Waals surface area (Å²) in [5.41, 5.74) is -0.594. The van der Waals surface area contributed by atoms with Gasteiger partial charge in [-0.3, -0.25) is 4.79 Å². The highest BCUT2D eigenvalue weighted by molar-refractivity contribution is 6.61. The van der Waals surface area contributed by atoms with Crippen molar-refractivity contribution in [2.24, 2.45) is 23.2 Å². The molecular formula is C17H23ClO3. The topological polar surface area (TPSA) is 43.4 Å². The van der Waals surface area contributed by atoms with Crippen molar-refractivity contribution in [3.8, 4) is 0 Å². The van der Waals surface area contributed by atoms with E-state index in [0.717, 1.165) is 32.1 Å². The normalized spacial score (nSPS) is 42.6. The van der Waals surface area contributed by atoms with E-state index in [0.29, 0.717) is 24.7 Å². The fraction of sp³-hybridized carbons (Fsp3) is 0.765. The maximum absolute atomic E-state index is 12.6. The molecular weight excluding hydrogens is 288 g/mol. The van der Waals surface area contributed by atoms with Crippen LogP contribution in [0, 0.1) is 23.2 Å². The molecule has 3 fully saturated rings. The van der Waals surface area contributed by atoms with Crippen LogP contribution in [0.15, 0.2) is 12.7 Å². The van der Waals surface area contributed by atoms with Crippen LogP contribution in [0.1, 0.15) is 51.4 Å². The van der Waals surface area contributed by atoms with E-state index in [1.807, 2.05) is 0 Å². The molecule has 3 nitrogen and oxygen atoms in total. The minimum Gasteiger partial charge on any atom is -0.450 e. The highest BCUT2D eigenvalue weighted by atomic mass is 35.5. The maximum Gasteiger partial charge on any atom is 0.404 e. The Labute approximate surface area is 131 Å². The van der Waals surface area contributed by atoms with Gasteiger partial charge >= 0.3 is 5.43 Å². The van der Waals surface area contributed by atoms with Gasteiger partial charge < -0.3 is 4.74 Å². The number of carbonyl (C=O) groups excluding carboxylic acids is 2. The molecule has 0 aromatic heterocycles. The lowest BCUT2D eigenvalue weighted by Crippen LogP contribution is -2.46. The van der Waals surface area contributed by atoms with E-state index in [1.165, 1.54) is 6.42 Å². The highest BCUT2D eigenvalue weighted by Crippen LogP contribution is 2.59. The van der Waals surface area contributed by atoms with Crippen LogP contribution in [0.5, 0.6) is 0 Å². The lowest BCUT2D eigenvalue weighted by atomic mass is 9.57. The van der Waals surface area contributed by atoms with Crippen molar-refractivity contribution in [3.63, 3.8) is 0 Å². The summed E-state index contributed by atoms with van der Waals surface area (Å²) >= 11 is 5.48. The minimum absolute atomic E-state index is 0.151. The van der Waals surface area contributed by atoms with E-state index in [9.17, 15) is 9.59 Å². The van der Waals surface area contributed by atoms with Crippen molar-refractivity contribution >= 4 is 22.8 Å². The number of allylic oxidation sites excluding steroid dienone is 1. The van der Waals surface area contributed by atoms with E-state index in [-0.39, 0.29) is 23.2 Å². The first-order chi connectivity index (χ1) is 10.1. The lowest BCUT2D eigenvalue weighted by molar-refractivity contribution is -0.131. The molecule has 3 rings (SSSR count). The SMILES string of the molecule is C=CC1CC(OC(=O)Cl)C2CCCC3(CCCC23)CC1=O. The number of rotatable bonds is 2. The predicted octanol–water partition coefficient (Wildman–Crippen LogP) is 4.48. The molecule has 21 heavy (non-hydrogen) atoms. The third kappa shape index (κ3) is 2.65. The average Bonchev–Trinajstić information content (AvgIpc) is 2.84. The van der Waals surface area contributed by atoms with E-state index >= 15 is 0 Å². The number of carbonyl (C=O) groups is 2. The molecule has 0 aromatic rings. The van der Waals surface area contributed by atoms with Crippen molar-refractivity contribution in [1.29, 1.82) is 0 Å². The first kappa shape index (κ1) is 15.1. The smallest absolute Gasteiger partial charge is 0.404 e. The molecule has 0 aromatic carbocycles. The van der Waals surface area contributed by atoms with Gasteiger partial charge in [0, 0.05) is 23.9 Å².